The summed E-state index contributed by atoms with van der Waals surface area (Å²) in [5, 5.41) is 0. The van der Waals surface area contributed by atoms with Gasteiger partial charge in [-0.25, -0.2) is 0 Å². The van der Waals surface area contributed by atoms with E-state index in [0.717, 1.165) is 12.8 Å². The fourth-order valence-corrected chi connectivity index (χ4v) is 2.32. The molecule has 0 spiro atoms. The van der Waals surface area contributed by atoms with Gasteiger partial charge in [-0.15, -0.1) is 0 Å². The van der Waals surface area contributed by atoms with Gasteiger partial charge in [-0.3, -0.25) is 0 Å². The van der Waals surface area contributed by atoms with Gasteiger partial charge in [0.25, 0.3) is 0 Å². The molecule has 0 aromatic heterocycles. The van der Waals surface area contributed by atoms with Gasteiger partial charge in [0.05, 0.1) is 0 Å². The molecule has 0 saturated heterocycles. The first-order valence-corrected chi connectivity index (χ1v) is 6.63. The molecule has 0 heterocycles. The molecule has 0 fully saturated rings. The van der Waals surface area contributed by atoms with Crippen molar-refractivity contribution >= 4 is 5.69 Å². The van der Waals surface area contributed by atoms with E-state index >= 15 is 0 Å². The lowest BCUT2D eigenvalue weighted by molar-refractivity contribution is 0.606. The van der Waals surface area contributed by atoms with E-state index in [1.165, 1.54) is 11.3 Å². The number of rotatable bonds is 5. The lowest BCUT2D eigenvalue weighted by Gasteiger charge is -2.29. The average molecular weight is 239 g/mol. The van der Waals surface area contributed by atoms with E-state index < -0.39 is 0 Å². The molecule has 18 heavy (non-hydrogen) atoms. The highest BCUT2D eigenvalue weighted by Crippen LogP contribution is 2.18. The maximum absolute atomic E-state index is 2.38. The molecule has 2 aromatic carbocycles. The number of para-hydroxylation sites is 1. The van der Waals surface area contributed by atoms with Crippen molar-refractivity contribution in [3.05, 3.63) is 66.2 Å². The standard InChI is InChI=1S/C17H21N/c1-3-16(14-15-10-6-4-7-11-15)18(2)17-12-8-5-9-13-17/h4-13,16H,3,14H2,1-2H3/t16-/m0/s1. The van der Waals surface area contributed by atoms with Crippen molar-refractivity contribution in [2.24, 2.45) is 0 Å². The maximum atomic E-state index is 2.38. The van der Waals surface area contributed by atoms with Gasteiger partial charge in [0, 0.05) is 18.8 Å². The van der Waals surface area contributed by atoms with Crippen LogP contribution >= 0.6 is 0 Å². The molecule has 2 aromatic rings. The number of benzene rings is 2. The number of hydrogen-bond acceptors (Lipinski definition) is 1. The van der Waals surface area contributed by atoms with E-state index in [-0.39, 0.29) is 0 Å². The normalized spacial score (nSPS) is 12.1. The van der Waals surface area contributed by atoms with Crippen LogP contribution in [0.25, 0.3) is 0 Å². The third-order valence-corrected chi connectivity index (χ3v) is 3.50. The first-order valence-electron chi connectivity index (χ1n) is 6.63. The van der Waals surface area contributed by atoms with Crippen molar-refractivity contribution in [1.82, 2.24) is 0 Å². The van der Waals surface area contributed by atoms with Crippen LogP contribution in [0.5, 0.6) is 0 Å². The zero-order valence-electron chi connectivity index (χ0n) is 11.2. The molecule has 2 rings (SSSR count). The Morgan fingerprint density at radius 2 is 1.44 bits per heavy atom. The Hall–Kier alpha value is -1.76. The lowest BCUT2D eigenvalue weighted by Crippen LogP contribution is -2.32. The Morgan fingerprint density at radius 1 is 0.889 bits per heavy atom. The second-order valence-corrected chi connectivity index (χ2v) is 4.70. The largest absolute Gasteiger partial charge is 0.371 e. The summed E-state index contributed by atoms with van der Waals surface area (Å²) < 4.78 is 0. The van der Waals surface area contributed by atoms with Gasteiger partial charge in [0.15, 0.2) is 0 Å². The smallest absolute Gasteiger partial charge is 0.0366 e. The minimum atomic E-state index is 0.551. The molecule has 0 N–H and O–H groups in total. The second-order valence-electron chi connectivity index (χ2n) is 4.70. The fraction of sp³-hybridized carbons (Fsp3) is 0.294. The van der Waals surface area contributed by atoms with Gasteiger partial charge in [-0.05, 0) is 30.5 Å². The van der Waals surface area contributed by atoms with Gasteiger partial charge in [-0.1, -0.05) is 55.5 Å². The summed E-state index contributed by atoms with van der Waals surface area (Å²) in [6.45, 7) is 2.26. The average Bonchev–Trinajstić information content (AvgIpc) is 2.46. The van der Waals surface area contributed by atoms with Crippen LogP contribution in [0.1, 0.15) is 18.9 Å². The summed E-state index contributed by atoms with van der Waals surface area (Å²) in [6.07, 6.45) is 2.25. The van der Waals surface area contributed by atoms with Crippen molar-refractivity contribution < 1.29 is 0 Å². The summed E-state index contributed by atoms with van der Waals surface area (Å²) >= 11 is 0. The number of nitrogens with zero attached hydrogens (tertiary/aromatic N) is 1. The van der Waals surface area contributed by atoms with Gasteiger partial charge in [0.1, 0.15) is 0 Å². The molecule has 1 atom stereocenters. The highest BCUT2D eigenvalue weighted by Gasteiger charge is 2.13. The predicted molar refractivity (Wildman–Crippen MR) is 79.1 cm³/mol. The van der Waals surface area contributed by atoms with Crippen LogP contribution in [0.15, 0.2) is 60.7 Å². The first-order chi connectivity index (χ1) is 8.81. The molecule has 1 heteroatoms. The highest BCUT2D eigenvalue weighted by molar-refractivity contribution is 5.46. The molecule has 94 valence electrons. The zero-order valence-corrected chi connectivity index (χ0v) is 11.2. The van der Waals surface area contributed by atoms with E-state index in [2.05, 4.69) is 79.5 Å². The van der Waals surface area contributed by atoms with Gasteiger partial charge in [-0.2, -0.15) is 0 Å². The molecule has 0 radical (unpaired) electrons. The van der Waals surface area contributed by atoms with Crippen LogP contribution in [0.4, 0.5) is 5.69 Å². The predicted octanol–water partition coefficient (Wildman–Crippen LogP) is 4.14. The molecule has 0 bridgehead atoms. The number of hydrogen-bond donors (Lipinski definition) is 0. The van der Waals surface area contributed by atoms with Gasteiger partial charge >= 0.3 is 0 Å². The summed E-state index contributed by atoms with van der Waals surface area (Å²) in [4.78, 5) is 2.38. The molecule has 0 aliphatic rings. The van der Waals surface area contributed by atoms with Crippen molar-refractivity contribution in [2.75, 3.05) is 11.9 Å². The monoisotopic (exact) mass is 239 g/mol. The molecule has 0 aliphatic carbocycles. The van der Waals surface area contributed by atoms with Crippen LogP contribution in [-0.2, 0) is 6.42 Å². The Kier molecular flexibility index (Phi) is 4.40. The molecule has 0 aliphatic heterocycles. The minimum Gasteiger partial charge on any atom is -0.371 e. The van der Waals surface area contributed by atoms with Gasteiger partial charge in [0.2, 0.25) is 0 Å². The Morgan fingerprint density at radius 3 is 2.00 bits per heavy atom. The minimum absolute atomic E-state index is 0.551. The lowest BCUT2D eigenvalue weighted by atomic mass is 10.0. The fourth-order valence-electron chi connectivity index (χ4n) is 2.32. The summed E-state index contributed by atoms with van der Waals surface area (Å²) in [5.74, 6) is 0. The maximum Gasteiger partial charge on any atom is 0.0366 e. The van der Waals surface area contributed by atoms with E-state index in [1.807, 2.05) is 0 Å². The Labute approximate surface area is 110 Å². The summed E-state index contributed by atoms with van der Waals surface area (Å²) in [6, 6.07) is 21.9. The number of likely N-dealkylation sites (N-methyl/N-ethyl adjacent to an activating group) is 1. The molecule has 0 unspecified atom stereocenters. The van der Waals surface area contributed by atoms with E-state index in [1.54, 1.807) is 0 Å². The van der Waals surface area contributed by atoms with Gasteiger partial charge < -0.3 is 4.90 Å². The van der Waals surface area contributed by atoms with Crippen molar-refractivity contribution in [1.29, 1.82) is 0 Å². The van der Waals surface area contributed by atoms with Crippen LogP contribution in [0.3, 0.4) is 0 Å². The molecular formula is C17H21N. The molecular weight excluding hydrogens is 218 g/mol. The number of anilines is 1. The van der Waals surface area contributed by atoms with Crippen molar-refractivity contribution in [2.45, 2.75) is 25.8 Å². The molecule has 1 nitrogen and oxygen atoms in total. The molecule has 0 amide bonds. The van der Waals surface area contributed by atoms with Crippen LogP contribution in [-0.4, -0.2) is 13.1 Å². The highest BCUT2D eigenvalue weighted by atomic mass is 15.1. The van der Waals surface area contributed by atoms with E-state index in [0.29, 0.717) is 6.04 Å². The van der Waals surface area contributed by atoms with E-state index in [4.69, 9.17) is 0 Å². The first kappa shape index (κ1) is 12.7. The quantitative estimate of drug-likeness (QED) is 0.758. The third-order valence-electron chi connectivity index (χ3n) is 3.50. The van der Waals surface area contributed by atoms with Crippen molar-refractivity contribution in [3.8, 4) is 0 Å². The van der Waals surface area contributed by atoms with Crippen molar-refractivity contribution in [3.63, 3.8) is 0 Å². The Bertz CT molecular complexity index is 450. The van der Waals surface area contributed by atoms with Crippen LogP contribution < -0.4 is 4.90 Å². The Balaban J connectivity index is 2.09. The second kappa shape index (κ2) is 6.25. The SMILES string of the molecule is CC[C@@H](Cc1ccccc1)N(C)c1ccccc1. The summed E-state index contributed by atoms with van der Waals surface area (Å²) in [7, 11) is 2.19. The van der Waals surface area contributed by atoms with Crippen LogP contribution in [0.2, 0.25) is 0 Å². The topological polar surface area (TPSA) is 3.24 Å². The van der Waals surface area contributed by atoms with E-state index in [9.17, 15) is 0 Å². The third kappa shape index (κ3) is 3.13. The zero-order chi connectivity index (χ0) is 12.8. The molecule has 0 saturated carbocycles. The van der Waals surface area contributed by atoms with Crippen LogP contribution in [0, 0.1) is 0 Å². The summed E-state index contributed by atoms with van der Waals surface area (Å²) in [5.41, 5.74) is 2.70.